The molecule has 0 aliphatic heterocycles. The highest BCUT2D eigenvalue weighted by Gasteiger charge is 2.02. The minimum atomic E-state index is -0.156. The molecule has 0 fully saturated rings. The lowest BCUT2D eigenvalue weighted by atomic mass is 10.1. The van der Waals surface area contributed by atoms with Crippen LogP contribution in [-0.2, 0) is 0 Å². The van der Waals surface area contributed by atoms with Gasteiger partial charge in [0.15, 0.2) is 0 Å². The van der Waals surface area contributed by atoms with Crippen molar-refractivity contribution in [1.82, 2.24) is 9.38 Å². The summed E-state index contributed by atoms with van der Waals surface area (Å²) >= 11 is 0. The minimum Gasteiger partial charge on any atom is -0.308 e. The monoisotopic (exact) mass is 210 g/mol. The van der Waals surface area contributed by atoms with E-state index in [9.17, 15) is 4.79 Å². The summed E-state index contributed by atoms with van der Waals surface area (Å²) in [6.07, 6.45) is 3.74. The smallest absolute Gasteiger partial charge is 0.276 e. The van der Waals surface area contributed by atoms with Gasteiger partial charge in [-0.05, 0) is 18.4 Å². The average molecular weight is 210 g/mol. The van der Waals surface area contributed by atoms with E-state index in [1.54, 1.807) is 6.92 Å². The van der Waals surface area contributed by atoms with Crippen LogP contribution in [0.2, 0.25) is 0 Å². The zero-order chi connectivity index (χ0) is 11.1. The minimum absolute atomic E-state index is 0.156. The number of rotatable bonds is 0. The van der Waals surface area contributed by atoms with E-state index in [1.807, 2.05) is 47.1 Å². The first-order valence-corrected chi connectivity index (χ1v) is 5.13. The van der Waals surface area contributed by atoms with E-state index in [0.29, 0.717) is 11.2 Å². The summed E-state index contributed by atoms with van der Waals surface area (Å²) in [6, 6.07) is 9.95. The molecular formula is C13H10N2O. The van der Waals surface area contributed by atoms with E-state index in [-0.39, 0.29) is 5.56 Å². The highest BCUT2D eigenvalue weighted by atomic mass is 16.1. The first-order valence-electron chi connectivity index (χ1n) is 5.13. The first kappa shape index (κ1) is 9.09. The SMILES string of the molecule is Cc1cn2ccc3ccccc3c2nc1=O. The fourth-order valence-corrected chi connectivity index (χ4v) is 1.89. The number of aryl methyl sites for hydroxylation is 1. The topological polar surface area (TPSA) is 34.4 Å². The van der Waals surface area contributed by atoms with E-state index in [4.69, 9.17) is 0 Å². The third kappa shape index (κ3) is 1.21. The lowest BCUT2D eigenvalue weighted by molar-refractivity contribution is 1.05. The molecule has 16 heavy (non-hydrogen) atoms. The number of pyridine rings is 1. The summed E-state index contributed by atoms with van der Waals surface area (Å²) in [5.41, 5.74) is 1.22. The Bertz CT molecular complexity index is 744. The van der Waals surface area contributed by atoms with Gasteiger partial charge in [0.25, 0.3) is 5.56 Å². The molecule has 1 aromatic carbocycles. The van der Waals surface area contributed by atoms with E-state index in [1.165, 1.54) is 0 Å². The maximum Gasteiger partial charge on any atom is 0.276 e. The summed E-state index contributed by atoms with van der Waals surface area (Å²) < 4.78 is 1.89. The second-order valence-electron chi connectivity index (χ2n) is 3.86. The molecule has 0 saturated carbocycles. The van der Waals surface area contributed by atoms with Gasteiger partial charge < -0.3 is 4.40 Å². The zero-order valence-electron chi connectivity index (χ0n) is 8.84. The molecule has 0 spiro atoms. The lowest BCUT2D eigenvalue weighted by Gasteiger charge is -2.04. The Kier molecular flexibility index (Phi) is 1.80. The van der Waals surface area contributed by atoms with E-state index in [2.05, 4.69) is 4.98 Å². The normalized spacial score (nSPS) is 11.1. The second kappa shape index (κ2) is 3.17. The Hall–Kier alpha value is -2.16. The molecule has 0 unspecified atom stereocenters. The van der Waals surface area contributed by atoms with Crippen molar-refractivity contribution in [1.29, 1.82) is 0 Å². The molecule has 78 valence electrons. The summed E-state index contributed by atoms with van der Waals surface area (Å²) in [6.45, 7) is 1.77. The van der Waals surface area contributed by atoms with Gasteiger partial charge in [-0.25, -0.2) is 0 Å². The lowest BCUT2D eigenvalue weighted by Crippen LogP contribution is -2.12. The van der Waals surface area contributed by atoms with Crippen molar-refractivity contribution < 1.29 is 0 Å². The molecule has 3 heteroatoms. The Labute approximate surface area is 92.0 Å². The van der Waals surface area contributed by atoms with Crippen LogP contribution in [0, 0.1) is 6.92 Å². The quantitative estimate of drug-likeness (QED) is 0.533. The number of benzene rings is 1. The molecule has 0 radical (unpaired) electrons. The van der Waals surface area contributed by atoms with Crippen molar-refractivity contribution in [2.24, 2.45) is 0 Å². The van der Waals surface area contributed by atoms with Crippen molar-refractivity contribution in [2.45, 2.75) is 6.92 Å². The second-order valence-corrected chi connectivity index (χ2v) is 3.86. The van der Waals surface area contributed by atoms with E-state index >= 15 is 0 Å². The maximum absolute atomic E-state index is 11.6. The molecule has 3 nitrogen and oxygen atoms in total. The van der Waals surface area contributed by atoms with E-state index < -0.39 is 0 Å². The number of nitrogens with zero attached hydrogens (tertiary/aromatic N) is 2. The van der Waals surface area contributed by atoms with Gasteiger partial charge in [-0.1, -0.05) is 24.3 Å². The molecule has 3 rings (SSSR count). The number of hydrogen-bond donors (Lipinski definition) is 0. The van der Waals surface area contributed by atoms with Crippen LogP contribution in [0.4, 0.5) is 0 Å². The van der Waals surface area contributed by atoms with E-state index in [0.717, 1.165) is 10.8 Å². The summed E-state index contributed by atoms with van der Waals surface area (Å²) in [4.78, 5) is 15.7. The Balaban J connectivity index is 2.60. The predicted molar refractivity (Wildman–Crippen MR) is 63.7 cm³/mol. The van der Waals surface area contributed by atoms with Gasteiger partial charge in [0, 0.05) is 23.3 Å². The molecule has 0 atom stereocenters. The highest BCUT2D eigenvalue weighted by Crippen LogP contribution is 2.16. The fourth-order valence-electron chi connectivity index (χ4n) is 1.89. The third-order valence-corrected chi connectivity index (χ3v) is 2.74. The Morgan fingerprint density at radius 2 is 2.00 bits per heavy atom. The average Bonchev–Trinajstić information content (AvgIpc) is 2.31. The summed E-state index contributed by atoms with van der Waals surface area (Å²) in [7, 11) is 0. The Morgan fingerprint density at radius 1 is 1.19 bits per heavy atom. The van der Waals surface area contributed by atoms with Crippen molar-refractivity contribution >= 4 is 16.4 Å². The summed E-state index contributed by atoms with van der Waals surface area (Å²) in [5, 5.41) is 2.10. The van der Waals surface area contributed by atoms with Gasteiger partial charge in [0.05, 0.1) is 0 Å². The largest absolute Gasteiger partial charge is 0.308 e. The van der Waals surface area contributed by atoms with Crippen molar-refractivity contribution in [2.75, 3.05) is 0 Å². The van der Waals surface area contributed by atoms with Crippen LogP contribution in [0.15, 0.2) is 47.5 Å². The van der Waals surface area contributed by atoms with Gasteiger partial charge in [0.1, 0.15) is 5.65 Å². The van der Waals surface area contributed by atoms with Crippen LogP contribution >= 0.6 is 0 Å². The van der Waals surface area contributed by atoms with Gasteiger partial charge in [0.2, 0.25) is 0 Å². The zero-order valence-corrected chi connectivity index (χ0v) is 8.84. The summed E-state index contributed by atoms with van der Waals surface area (Å²) in [5.74, 6) is 0. The van der Waals surface area contributed by atoms with Gasteiger partial charge in [-0.15, -0.1) is 0 Å². The predicted octanol–water partition coefficient (Wildman–Crippen LogP) is 2.16. The maximum atomic E-state index is 11.6. The Morgan fingerprint density at radius 3 is 2.88 bits per heavy atom. The van der Waals surface area contributed by atoms with Crippen LogP contribution in [0.1, 0.15) is 5.56 Å². The first-order chi connectivity index (χ1) is 7.75. The number of aromatic nitrogens is 2. The molecule has 0 aliphatic carbocycles. The van der Waals surface area contributed by atoms with Crippen molar-refractivity contribution in [3.05, 3.63) is 58.6 Å². The van der Waals surface area contributed by atoms with Crippen LogP contribution in [0.5, 0.6) is 0 Å². The standard InChI is InChI=1S/C13H10N2O/c1-9-8-15-7-6-10-4-2-3-5-11(10)12(15)14-13(9)16/h2-8H,1H3. The van der Waals surface area contributed by atoms with Crippen LogP contribution < -0.4 is 5.56 Å². The number of fused-ring (bicyclic) bond motifs is 3. The third-order valence-electron chi connectivity index (χ3n) is 2.74. The molecule has 2 aromatic heterocycles. The van der Waals surface area contributed by atoms with Gasteiger partial charge in [-0.2, -0.15) is 4.98 Å². The molecule has 2 heterocycles. The van der Waals surface area contributed by atoms with Crippen LogP contribution in [0.3, 0.4) is 0 Å². The van der Waals surface area contributed by atoms with Crippen LogP contribution in [-0.4, -0.2) is 9.38 Å². The van der Waals surface area contributed by atoms with Crippen molar-refractivity contribution in [3.8, 4) is 0 Å². The molecule has 0 amide bonds. The van der Waals surface area contributed by atoms with Gasteiger partial charge in [-0.3, -0.25) is 4.79 Å². The van der Waals surface area contributed by atoms with Crippen molar-refractivity contribution in [3.63, 3.8) is 0 Å². The molecule has 0 aliphatic rings. The fraction of sp³-hybridized carbons (Fsp3) is 0.0769. The molecular weight excluding hydrogens is 200 g/mol. The van der Waals surface area contributed by atoms with Gasteiger partial charge >= 0.3 is 0 Å². The molecule has 0 saturated heterocycles. The number of hydrogen-bond acceptors (Lipinski definition) is 2. The molecule has 0 bridgehead atoms. The highest BCUT2D eigenvalue weighted by molar-refractivity contribution is 5.93. The molecule has 3 aromatic rings. The molecule has 0 N–H and O–H groups in total. The van der Waals surface area contributed by atoms with Crippen LogP contribution in [0.25, 0.3) is 16.4 Å².